The molecule has 0 aliphatic heterocycles. The van der Waals surface area contributed by atoms with Crippen molar-refractivity contribution in [1.82, 2.24) is 9.97 Å². The third-order valence-electron chi connectivity index (χ3n) is 3.59. The normalized spacial score (nSPS) is 10.9. The molecule has 0 amide bonds. The third-order valence-corrected chi connectivity index (χ3v) is 4.03. The standard InChI is InChI=1S/C17H15BrN2O/c1-10-4-5-11(2)17(12(10)3)21-15-6-7-19-14-8-13(18)9-20-16(14)15/h4-9H,1-3H3. The number of rotatable bonds is 2. The van der Waals surface area contributed by atoms with Crippen LogP contribution in [0.5, 0.6) is 11.5 Å². The van der Waals surface area contributed by atoms with Crippen molar-refractivity contribution in [2.24, 2.45) is 0 Å². The van der Waals surface area contributed by atoms with Crippen LogP contribution in [0.1, 0.15) is 16.7 Å². The van der Waals surface area contributed by atoms with Crippen molar-refractivity contribution < 1.29 is 4.74 Å². The Morgan fingerprint density at radius 1 is 1.00 bits per heavy atom. The molecule has 0 unspecified atom stereocenters. The fourth-order valence-corrected chi connectivity index (χ4v) is 2.58. The van der Waals surface area contributed by atoms with Gasteiger partial charge in [-0.05, 0) is 59.5 Å². The molecular weight excluding hydrogens is 328 g/mol. The average Bonchev–Trinajstić information content (AvgIpc) is 2.47. The monoisotopic (exact) mass is 342 g/mol. The van der Waals surface area contributed by atoms with Gasteiger partial charge in [0.25, 0.3) is 0 Å². The van der Waals surface area contributed by atoms with E-state index >= 15 is 0 Å². The van der Waals surface area contributed by atoms with Crippen LogP contribution in [0, 0.1) is 20.8 Å². The summed E-state index contributed by atoms with van der Waals surface area (Å²) in [6, 6.07) is 7.97. The zero-order valence-corrected chi connectivity index (χ0v) is 13.7. The lowest BCUT2D eigenvalue weighted by Crippen LogP contribution is -1.95. The van der Waals surface area contributed by atoms with Gasteiger partial charge in [-0.25, -0.2) is 4.98 Å². The van der Waals surface area contributed by atoms with E-state index in [1.165, 1.54) is 5.56 Å². The van der Waals surface area contributed by atoms with Crippen molar-refractivity contribution in [2.75, 3.05) is 0 Å². The van der Waals surface area contributed by atoms with Gasteiger partial charge in [-0.3, -0.25) is 4.98 Å². The molecule has 4 heteroatoms. The summed E-state index contributed by atoms with van der Waals surface area (Å²) in [6.07, 6.45) is 3.50. The number of halogens is 1. The highest BCUT2D eigenvalue weighted by Gasteiger charge is 2.11. The summed E-state index contributed by atoms with van der Waals surface area (Å²) < 4.78 is 7.06. The minimum Gasteiger partial charge on any atom is -0.454 e. The van der Waals surface area contributed by atoms with Crippen LogP contribution in [0.25, 0.3) is 11.0 Å². The second-order valence-corrected chi connectivity index (χ2v) is 6.00. The first kappa shape index (κ1) is 14.0. The molecule has 3 rings (SSSR count). The summed E-state index contributed by atoms with van der Waals surface area (Å²) in [5.74, 6) is 1.62. The van der Waals surface area contributed by atoms with Crippen LogP contribution in [-0.4, -0.2) is 9.97 Å². The van der Waals surface area contributed by atoms with Gasteiger partial charge in [0, 0.05) is 22.9 Å². The molecule has 0 fully saturated rings. The van der Waals surface area contributed by atoms with Crippen molar-refractivity contribution in [3.63, 3.8) is 0 Å². The van der Waals surface area contributed by atoms with E-state index < -0.39 is 0 Å². The fraction of sp³-hybridized carbons (Fsp3) is 0.176. The van der Waals surface area contributed by atoms with Gasteiger partial charge >= 0.3 is 0 Å². The van der Waals surface area contributed by atoms with Crippen LogP contribution in [0.4, 0.5) is 0 Å². The van der Waals surface area contributed by atoms with Crippen LogP contribution >= 0.6 is 15.9 Å². The van der Waals surface area contributed by atoms with Gasteiger partial charge in [0.15, 0.2) is 5.75 Å². The summed E-state index contributed by atoms with van der Waals surface area (Å²) in [6.45, 7) is 6.21. The molecule has 2 heterocycles. The number of aromatic nitrogens is 2. The number of benzene rings is 1. The van der Waals surface area contributed by atoms with Gasteiger partial charge in [0.05, 0.1) is 5.52 Å². The van der Waals surface area contributed by atoms with Crippen molar-refractivity contribution in [3.05, 3.63) is 57.8 Å². The second-order valence-electron chi connectivity index (χ2n) is 5.09. The average molecular weight is 343 g/mol. The van der Waals surface area contributed by atoms with Gasteiger partial charge in [-0.2, -0.15) is 0 Å². The molecule has 0 N–H and O–H groups in total. The van der Waals surface area contributed by atoms with Crippen molar-refractivity contribution in [1.29, 1.82) is 0 Å². The first-order chi connectivity index (χ1) is 10.1. The zero-order chi connectivity index (χ0) is 15.0. The molecule has 0 spiro atoms. The van der Waals surface area contributed by atoms with Gasteiger partial charge in [-0.1, -0.05) is 12.1 Å². The van der Waals surface area contributed by atoms with E-state index in [2.05, 4.69) is 58.8 Å². The zero-order valence-electron chi connectivity index (χ0n) is 12.1. The molecule has 0 aliphatic rings. The second kappa shape index (κ2) is 5.45. The Hall–Kier alpha value is -1.94. The Morgan fingerprint density at radius 3 is 2.57 bits per heavy atom. The minimum absolute atomic E-state index is 0.726. The summed E-state index contributed by atoms with van der Waals surface area (Å²) in [7, 11) is 0. The van der Waals surface area contributed by atoms with E-state index in [4.69, 9.17) is 4.74 Å². The van der Waals surface area contributed by atoms with E-state index in [1.807, 2.05) is 12.1 Å². The molecule has 0 radical (unpaired) electrons. The Bertz CT molecular complexity index is 830. The molecule has 1 aromatic carbocycles. The van der Waals surface area contributed by atoms with Crippen LogP contribution in [0.2, 0.25) is 0 Å². The molecule has 0 saturated heterocycles. The van der Waals surface area contributed by atoms with Crippen molar-refractivity contribution in [2.45, 2.75) is 20.8 Å². The highest BCUT2D eigenvalue weighted by molar-refractivity contribution is 9.10. The van der Waals surface area contributed by atoms with Crippen LogP contribution in [0.3, 0.4) is 0 Å². The fourth-order valence-electron chi connectivity index (χ4n) is 2.26. The van der Waals surface area contributed by atoms with Gasteiger partial charge in [0.1, 0.15) is 11.3 Å². The van der Waals surface area contributed by atoms with E-state index in [9.17, 15) is 0 Å². The SMILES string of the molecule is Cc1ccc(C)c(Oc2ccnc3cc(Br)cnc23)c1C. The summed E-state index contributed by atoms with van der Waals surface area (Å²) in [5.41, 5.74) is 5.05. The molecule has 0 bridgehead atoms. The lowest BCUT2D eigenvalue weighted by Gasteiger charge is -2.14. The lowest BCUT2D eigenvalue weighted by atomic mass is 10.1. The molecular formula is C17H15BrN2O. The Kier molecular flexibility index (Phi) is 3.64. The smallest absolute Gasteiger partial charge is 0.156 e. The Morgan fingerprint density at radius 2 is 1.76 bits per heavy atom. The summed E-state index contributed by atoms with van der Waals surface area (Å²) >= 11 is 3.41. The lowest BCUT2D eigenvalue weighted by molar-refractivity contribution is 0.478. The third kappa shape index (κ3) is 2.63. The van der Waals surface area contributed by atoms with Gasteiger partial charge < -0.3 is 4.74 Å². The number of hydrogen-bond donors (Lipinski definition) is 0. The van der Waals surface area contributed by atoms with E-state index in [0.29, 0.717) is 0 Å². The number of ether oxygens (including phenoxy) is 1. The number of fused-ring (bicyclic) bond motifs is 1. The quantitative estimate of drug-likeness (QED) is 0.649. The Balaban J connectivity index is 2.13. The van der Waals surface area contributed by atoms with Crippen molar-refractivity contribution in [3.8, 4) is 11.5 Å². The molecule has 0 atom stereocenters. The maximum atomic E-state index is 6.16. The molecule has 3 aromatic rings. The molecule has 2 aromatic heterocycles. The first-order valence-corrected chi connectivity index (χ1v) is 7.50. The van der Waals surface area contributed by atoms with Gasteiger partial charge in [-0.15, -0.1) is 0 Å². The maximum Gasteiger partial charge on any atom is 0.156 e. The predicted octanol–water partition coefficient (Wildman–Crippen LogP) is 5.11. The minimum atomic E-state index is 0.726. The molecule has 3 nitrogen and oxygen atoms in total. The van der Waals surface area contributed by atoms with Crippen LogP contribution in [0.15, 0.2) is 41.1 Å². The molecule has 106 valence electrons. The number of pyridine rings is 2. The molecule has 0 aliphatic carbocycles. The number of hydrogen-bond acceptors (Lipinski definition) is 3. The van der Waals surface area contributed by atoms with E-state index in [1.54, 1.807) is 12.4 Å². The van der Waals surface area contributed by atoms with Gasteiger partial charge in [0.2, 0.25) is 0 Å². The largest absolute Gasteiger partial charge is 0.454 e. The van der Waals surface area contributed by atoms with E-state index in [0.717, 1.165) is 38.1 Å². The topological polar surface area (TPSA) is 35.0 Å². The van der Waals surface area contributed by atoms with Crippen LogP contribution < -0.4 is 4.74 Å². The first-order valence-electron chi connectivity index (χ1n) is 6.71. The van der Waals surface area contributed by atoms with Crippen LogP contribution in [-0.2, 0) is 0 Å². The maximum absolute atomic E-state index is 6.16. The number of nitrogens with zero attached hydrogens (tertiary/aromatic N) is 2. The molecule has 0 saturated carbocycles. The highest BCUT2D eigenvalue weighted by Crippen LogP contribution is 2.33. The summed E-state index contributed by atoms with van der Waals surface area (Å²) in [5, 5.41) is 0. The van der Waals surface area contributed by atoms with Crippen molar-refractivity contribution >= 4 is 27.0 Å². The molecule has 21 heavy (non-hydrogen) atoms. The number of aryl methyl sites for hydroxylation is 2. The highest BCUT2D eigenvalue weighted by atomic mass is 79.9. The van der Waals surface area contributed by atoms with E-state index in [-0.39, 0.29) is 0 Å². The predicted molar refractivity (Wildman–Crippen MR) is 88.0 cm³/mol. The summed E-state index contributed by atoms with van der Waals surface area (Å²) in [4.78, 5) is 8.76. The Labute approximate surface area is 132 Å².